The van der Waals surface area contributed by atoms with Gasteiger partial charge in [0.15, 0.2) is 0 Å². The second-order valence-corrected chi connectivity index (χ2v) is 34.6. The number of hydrogen-bond acceptors (Lipinski definition) is 20. The number of likely N-dealkylation sites (N-methyl/N-ethyl adjacent to an activating group) is 3. The molecular weight excluding hydrogens is 1700 g/mol. The number of unbranched alkanes of at least 4 members (excludes halogenated alkanes) is 2. The normalized spacial score (nSPS) is 24.7. The lowest BCUT2D eigenvalue weighted by atomic mass is 9.99. The minimum Gasteiger partial charge on any atom is -0.370 e. The number of amides is 17. The van der Waals surface area contributed by atoms with Crippen LogP contribution in [0.25, 0.3) is 21.8 Å². The van der Waals surface area contributed by atoms with Gasteiger partial charge in [0.1, 0.15) is 84.6 Å². The Morgan fingerprint density at radius 1 is 0.508 bits per heavy atom. The summed E-state index contributed by atoms with van der Waals surface area (Å²) in [6, 6.07) is -5.62. The first-order valence-corrected chi connectivity index (χ1v) is 45.1. The zero-order chi connectivity index (χ0) is 94.6. The number of fused-ring (bicyclic) bond motifs is 4. The summed E-state index contributed by atoms with van der Waals surface area (Å²) >= 11 is 0.802. The molecule has 17 amide bonds. The van der Waals surface area contributed by atoms with Crippen molar-refractivity contribution in [3.05, 3.63) is 134 Å². The highest BCUT2D eigenvalue weighted by Crippen LogP contribution is 2.28. The number of carbonyl (C=O) groups excluding carboxylic acids is 17. The number of nitrogens with two attached hydrogens (primary N) is 2. The first-order chi connectivity index (χ1) is 62.1. The van der Waals surface area contributed by atoms with Crippen molar-refractivity contribution in [2.45, 2.75) is 235 Å². The van der Waals surface area contributed by atoms with Gasteiger partial charge in [-0.15, -0.1) is 24.9 Å². The molecule has 702 valence electrons. The zero-order valence-corrected chi connectivity index (χ0v) is 75.5. The molecule has 4 aromatic heterocycles. The molecule has 41 heteroatoms. The zero-order valence-electron chi connectivity index (χ0n) is 74.7. The van der Waals surface area contributed by atoms with Crippen LogP contribution in [-0.2, 0) is 107 Å². The van der Waals surface area contributed by atoms with Crippen LogP contribution < -0.4 is 64.6 Å². The van der Waals surface area contributed by atoms with Crippen LogP contribution in [0.3, 0.4) is 0 Å². The average molecular weight is 1820 g/mol. The number of aromatic amines is 4. The topological polar surface area (TPSA) is 568 Å². The highest BCUT2D eigenvalue weighted by Gasteiger charge is 2.46. The van der Waals surface area contributed by atoms with E-state index in [1.54, 1.807) is 24.5 Å². The Labute approximate surface area is 757 Å². The molecule has 2 unspecified atom stereocenters. The van der Waals surface area contributed by atoms with Crippen molar-refractivity contribution < 1.29 is 81.5 Å². The second-order valence-electron chi connectivity index (χ2n) is 33.6. The Morgan fingerprint density at radius 2 is 0.954 bits per heavy atom. The monoisotopic (exact) mass is 1820 g/mol. The van der Waals surface area contributed by atoms with Crippen molar-refractivity contribution in [3.63, 3.8) is 0 Å². The number of aromatic nitrogens is 6. The number of hydrogen-bond donors (Lipinski definition) is 16. The van der Waals surface area contributed by atoms with Gasteiger partial charge in [-0.2, -0.15) is 0 Å². The number of imidazole rings is 2. The van der Waals surface area contributed by atoms with Gasteiger partial charge >= 0.3 is 0 Å². The third-order valence-electron chi connectivity index (χ3n) is 23.5. The van der Waals surface area contributed by atoms with Crippen LogP contribution in [0.4, 0.5) is 0 Å². The van der Waals surface area contributed by atoms with E-state index in [1.165, 1.54) is 80.0 Å². The van der Waals surface area contributed by atoms with Crippen LogP contribution >= 0.6 is 11.8 Å². The average Bonchev–Trinajstić information content (AvgIpc) is 1.63. The SMILES string of the molecule is C=CC[C@@H]1NC(=O)[C@H](Cc2c[nH]c3ccccc23)NC(=O)C2CCCN2C(=O)[C@H](CC(C)C)NC(=O)[C@H](Cc2cnc[nH]2)NC(=O)C2CCCN2C(=O)[C@H](CC(N)=O)NC(=O)[C@H](C)N(C)C(=O)[C@H](Cc2cnc[nH]2)NC(=O)CSC[C@@H](C(=O)NCC(N)=O)NC(=O)[C@H](CC=C)NC(=O)[C@H](CCCC)N(C)C(=O)[C@H](CCCC)N(C)C(=O)[C@H](Cc2c[nH]c3ccccc23)NC1=O. The van der Waals surface area contributed by atoms with Crippen LogP contribution in [-0.4, -0.2) is 292 Å². The number of primary amides is 2. The van der Waals surface area contributed by atoms with Crippen LogP contribution in [0.5, 0.6) is 0 Å². The number of nitrogens with zero attached hydrogens (tertiary/aromatic N) is 7. The highest BCUT2D eigenvalue weighted by atomic mass is 32.2. The van der Waals surface area contributed by atoms with Gasteiger partial charge in [-0.1, -0.05) is 102 Å². The molecule has 3 saturated heterocycles. The van der Waals surface area contributed by atoms with Crippen molar-refractivity contribution >= 4 is 134 Å². The lowest BCUT2D eigenvalue weighted by Crippen LogP contribution is -2.61. The predicted molar refractivity (Wildman–Crippen MR) is 482 cm³/mol. The van der Waals surface area contributed by atoms with E-state index < -0.39 is 204 Å². The molecule has 0 spiro atoms. The Hall–Kier alpha value is -13.2. The summed E-state index contributed by atoms with van der Waals surface area (Å²) in [5.74, 6) is -15.7. The summed E-state index contributed by atoms with van der Waals surface area (Å²) < 4.78 is 0. The van der Waals surface area contributed by atoms with Gasteiger partial charge in [0.25, 0.3) is 0 Å². The Kier molecular flexibility index (Phi) is 37.3. The summed E-state index contributed by atoms with van der Waals surface area (Å²) in [7, 11) is 4.04. The van der Waals surface area contributed by atoms with Gasteiger partial charge in [0, 0.05) is 124 Å². The molecule has 2 aromatic carbocycles. The second kappa shape index (κ2) is 48.2. The van der Waals surface area contributed by atoms with Crippen LogP contribution in [0, 0.1) is 5.92 Å². The number of carbonyl (C=O) groups is 17. The standard InChI is InChI=1S/C89H123N23O17S/c1-11-15-29-69-82(122)101-61(24-14-4)79(119)107-68(77(117)96-45-74(91)114)46-130-47-75(115)99-66(39-55-44-93-49-98-55)85(125)108(8)51(7)76(116)104-67(40-73(90)113)88(128)112-34-22-32-71(112)84(124)103-63(38-54-43-92-48-97-54)81(121)105-64(35-50(5)6)87(127)111-33-21-31-70(111)83(123)102-62(36-52-41-94-58-27-19-17-25-56(52)58)80(120)100-60(23-13-3)78(118)106-65(37-53-42-95-59-28-20-18-26-57(53)59)86(126)110(10)72(30-16-12-2)89(129)109(69)9/h13-14,17-20,25-28,41-44,48-51,60-72,94-95H,3-4,11-12,15-16,21-24,29-40,45-47H2,1-2,5-10H3,(H2,90,113)(H2,91,114)(H,92,97)(H,93,98)(H,96,117)(H,99,115)(H,100,120)(H,101,122)(H,102,123)(H,103,124)(H,104,116)(H,105,121)(H,106,118)(H,107,119)/t51-,60-,61-,62-,63-,64-,65-,66-,67-,68-,69-,70?,71?,72-/m0/s1. The van der Waals surface area contributed by atoms with Crippen molar-refractivity contribution in [1.82, 2.24) is 108 Å². The maximum Gasteiger partial charge on any atom is 0.246 e. The Morgan fingerprint density at radius 3 is 1.47 bits per heavy atom. The molecule has 6 aromatic rings. The summed E-state index contributed by atoms with van der Waals surface area (Å²) in [5.41, 5.74) is 14.4. The van der Waals surface area contributed by atoms with E-state index in [1.807, 2.05) is 64.1 Å². The van der Waals surface area contributed by atoms with Crippen molar-refractivity contribution in [2.24, 2.45) is 17.4 Å². The molecule has 14 atom stereocenters. The number of benzene rings is 2. The lowest BCUT2D eigenvalue weighted by molar-refractivity contribution is -0.149. The van der Waals surface area contributed by atoms with E-state index in [0.29, 0.717) is 76.4 Å². The smallest absolute Gasteiger partial charge is 0.246 e. The molecule has 9 rings (SSSR count). The first kappa shape index (κ1) is 101. The van der Waals surface area contributed by atoms with E-state index >= 15 is 38.4 Å². The van der Waals surface area contributed by atoms with E-state index in [-0.39, 0.29) is 102 Å². The number of H-pyrrole nitrogens is 4. The van der Waals surface area contributed by atoms with Gasteiger partial charge in [0.05, 0.1) is 31.4 Å². The van der Waals surface area contributed by atoms with Gasteiger partial charge in [-0.05, 0) is 93.9 Å². The lowest BCUT2D eigenvalue weighted by Gasteiger charge is -2.36. The predicted octanol–water partition coefficient (Wildman–Crippen LogP) is 0.0145. The molecule has 3 aliphatic rings. The fourth-order valence-electron chi connectivity index (χ4n) is 16.3. The summed E-state index contributed by atoms with van der Waals surface area (Å²) in [5, 5.41) is 28.6. The molecule has 0 aliphatic carbocycles. The molecule has 18 N–H and O–H groups in total. The number of rotatable bonds is 25. The molecule has 3 fully saturated rings. The van der Waals surface area contributed by atoms with Gasteiger partial charge < -0.3 is 109 Å². The van der Waals surface area contributed by atoms with E-state index in [2.05, 4.69) is 96.2 Å². The Bertz CT molecular complexity index is 5030. The minimum absolute atomic E-state index is 0.0208. The summed E-state index contributed by atoms with van der Waals surface area (Å²) in [6.07, 6.45) is 12.1. The quantitative estimate of drug-likeness (QED) is 0.0336. The van der Waals surface area contributed by atoms with Crippen molar-refractivity contribution in [2.75, 3.05) is 52.3 Å². The highest BCUT2D eigenvalue weighted by molar-refractivity contribution is 8.00. The summed E-state index contributed by atoms with van der Waals surface area (Å²) in [6.45, 7) is 15.6. The molecule has 0 radical (unpaired) electrons. The van der Waals surface area contributed by atoms with E-state index in [4.69, 9.17) is 11.5 Å². The fraction of sp³-hybridized carbons (Fsp3) is 0.517. The van der Waals surface area contributed by atoms with Gasteiger partial charge in [0.2, 0.25) is 100 Å². The minimum atomic E-state index is -1.73. The fourth-order valence-corrected chi connectivity index (χ4v) is 17.2. The van der Waals surface area contributed by atoms with Crippen LogP contribution in [0.15, 0.2) is 111 Å². The molecule has 3 aliphatic heterocycles. The van der Waals surface area contributed by atoms with Crippen molar-refractivity contribution in [3.8, 4) is 0 Å². The maximum atomic E-state index is 15.8. The van der Waals surface area contributed by atoms with Crippen LogP contribution in [0.1, 0.15) is 147 Å². The molecule has 0 saturated carbocycles. The number of thioether (sulfide) groups is 1. The Balaban J connectivity index is 1.08. The third-order valence-corrected chi connectivity index (χ3v) is 24.6. The van der Waals surface area contributed by atoms with Gasteiger partial charge in [-0.3, -0.25) is 81.5 Å². The third kappa shape index (κ3) is 27.2. The molecule has 40 nitrogen and oxygen atoms in total. The molecule has 0 bridgehead atoms. The molecule has 130 heavy (non-hydrogen) atoms. The summed E-state index contributed by atoms with van der Waals surface area (Å²) in [4.78, 5) is 276. The van der Waals surface area contributed by atoms with Crippen LogP contribution in [0.2, 0.25) is 0 Å². The van der Waals surface area contributed by atoms with Crippen molar-refractivity contribution in [1.29, 1.82) is 0 Å². The number of para-hydroxylation sites is 2. The van der Waals surface area contributed by atoms with Gasteiger partial charge in [-0.25, -0.2) is 9.97 Å². The molecule has 7 heterocycles. The molecular formula is C89H123N23O17S. The first-order valence-electron chi connectivity index (χ1n) is 44.0. The van der Waals surface area contributed by atoms with E-state index in [0.717, 1.165) is 21.6 Å². The maximum absolute atomic E-state index is 15.8. The largest absolute Gasteiger partial charge is 0.370 e. The number of nitrogens with one attached hydrogen (secondary N) is 14. The van der Waals surface area contributed by atoms with E-state index in [9.17, 15) is 43.2 Å².